The summed E-state index contributed by atoms with van der Waals surface area (Å²) in [6.07, 6.45) is 5.16. The highest BCUT2D eigenvalue weighted by molar-refractivity contribution is 7.99. The molecule has 0 bridgehead atoms. The number of hydrogen-bond acceptors (Lipinski definition) is 6. The molecule has 2 aromatic carbocycles. The second-order valence-corrected chi connectivity index (χ2v) is 10.7. The highest BCUT2D eigenvalue weighted by atomic mass is 32.2. The first-order chi connectivity index (χ1) is 16.7. The SMILES string of the molecule is CC1CCc2c(sc3ncn4c(SCC(=O)Nc5ccccc5-c5ccccc5)nnc4c23)C1. The van der Waals surface area contributed by atoms with Crippen molar-refractivity contribution in [2.75, 3.05) is 11.1 Å². The van der Waals surface area contributed by atoms with Crippen LogP contribution in [0.4, 0.5) is 5.69 Å². The van der Waals surface area contributed by atoms with Crippen molar-refractivity contribution in [3.8, 4) is 11.1 Å². The Hall–Kier alpha value is -3.23. The van der Waals surface area contributed by atoms with Crippen molar-refractivity contribution in [2.24, 2.45) is 5.92 Å². The Morgan fingerprint density at radius 2 is 1.97 bits per heavy atom. The number of nitrogens with one attached hydrogen (secondary N) is 1. The fourth-order valence-electron chi connectivity index (χ4n) is 4.60. The second-order valence-electron chi connectivity index (χ2n) is 8.70. The van der Waals surface area contributed by atoms with Gasteiger partial charge in [0.25, 0.3) is 0 Å². The molecule has 0 saturated heterocycles. The number of carbonyl (C=O) groups excluding carboxylic acids is 1. The number of nitrogens with zero attached hydrogens (tertiary/aromatic N) is 4. The van der Waals surface area contributed by atoms with Gasteiger partial charge in [0.15, 0.2) is 10.8 Å². The zero-order valence-corrected chi connectivity index (χ0v) is 20.3. The number of aromatic nitrogens is 4. The van der Waals surface area contributed by atoms with Crippen LogP contribution in [0.15, 0.2) is 66.1 Å². The monoisotopic (exact) mass is 485 g/mol. The van der Waals surface area contributed by atoms with Crippen LogP contribution in [0.3, 0.4) is 0 Å². The lowest BCUT2D eigenvalue weighted by Crippen LogP contribution is -2.15. The zero-order valence-electron chi connectivity index (χ0n) is 18.7. The Morgan fingerprint density at radius 3 is 2.85 bits per heavy atom. The van der Waals surface area contributed by atoms with Crippen LogP contribution in [0, 0.1) is 5.92 Å². The van der Waals surface area contributed by atoms with Gasteiger partial charge in [0, 0.05) is 16.1 Å². The minimum absolute atomic E-state index is 0.0823. The van der Waals surface area contributed by atoms with E-state index >= 15 is 0 Å². The van der Waals surface area contributed by atoms with Crippen molar-refractivity contribution in [3.05, 3.63) is 71.4 Å². The molecule has 3 aromatic heterocycles. The number of thiophene rings is 1. The summed E-state index contributed by atoms with van der Waals surface area (Å²) in [5.74, 6) is 0.869. The largest absolute Gasteiger partial charge is 0.325 e. The second kappa shape index (κ2) is 8.85. The zero-order chi connectivity index (χ0) is 23.1. The summed E-state index contributed by atoms with van der Waals surface area (Å²) in [6, 6.07) is 17.9. The molecule has 34 heavy (non-hydrogen) atoms. The summed E-state index contributed by atoms with van der Waals surface area (Å²) in [7, 11) is 0. The van der Waals surface area contributed by atoms with E-state index in [1.165, 1.54) is 28.6 Å². The summed E-state index contributed by atoms with van der Waals surface area (Å²) in [5, 5.41) is 13.8. The maximum Gasteiger partial charge on any atom is 0.234 e. The van der Waals surface area contributed by atoms with E-state index in [0.717, 1.165) is 45.5 Å². The number of fused-ring (bicyclic) bond motifs is 5. The smallest absolute Gasteiger partial charge is 0.234 e. The van der Waals surface area contributed by atoms with Gasteiger partial charge in [0.1, 0.15) is 11.2 Å². The molecule has 1 aliphatic rings. The van der Waals surface area contributed by atoms with Gasteiger partial charge in [-0.2, -0.15) is 0 Å². The lowest BCUT2D eigenvalue weighted by Gasteiger charge is -2.17. The Balaban J connectivity index is 1.22. The summed E-state index contributed by atoms with van der Waals surface area (Å²) in [6.45, 7) is 2.31. The standard InChI is InChI=1S/C26H23N5OS2/c1-16-11-12-19-21(13-16)34-25-23(19)24-29-30-26(31(24)15-27-25)33-14-22(32)28-20-10-6-5-9-18(20)17-7-3-2-4-8-17/h2-10,15-16H,11-14H2,1H3,(H,28,32). The molecule has 0 aliphatic heterocycles. The maximum atomic E-state index is 12.8. The van der Waals surface area contributed by atoms with Crippen molar-refractivity contribution in [1.82, 2.24) is 19.6 Å². The Bertz CT molecular complexity index is 1510. The van der Waals surface area contributed by atoms with Crippen molar-refractivity contribution < 1.29 is 4.79 Å². The molecular weight excluding hydrogens is 462 g/mol. The van der Waals surface area contributed by atoms with Gasteiger partial charge in [0.2, 0.25) is 5.91 Å². The molecule has 1 atom stereocenters. The highest BCUT2D eigenvalue weighted by Gasteiger charge is 2.24. The molecule has 1 amide bonds. The topological polar surface area (TPSA) is 72.2 Å². The van der Waals surface area contributed by atoms with Gasteiger partial charge in [0.05, 0.1) is 11.1 Å². The predicted molar refractivity (Wildman–Crippen MR) is 139 cm³/mol. The number of amides is 1. The molecule has 5 aromatic rings. The van der Waals surface area contributed by atoms with E-state index in [1.54, 1.807) is 17.7 Å². The third-order valence-corrected chi connectivity index (χ3v) is 8.40. The Labute approximate surface area is 205 Å². The van der Waals surface area contributed by atoms with Gasteiger partial charge in [-0.3, -0.25) is 9.20 Å². The van der Waals surface area contributed by atoms with Gasteiger partial charge in [-0.1, -0.05) is 67.2 Å². The van der Waals surface area contributed by atoms with Crippen molar-refractivity contribution in [1.29, 1.82) is 0 Å². The molecule has 0 spiro atoms. The van der Waals surface area contributed by atoms with Crippen molar-refractivity contribution in [3.63, 3.8) is 0 Å². The number of para-hydroxylation sites is 1. The number of anilines is 1. The molecule has 0 saturated carbocycles. The van der Waals surface area contributed by atoms with Crippen LogP contribution in [0.1, 0.15) is 23.8 Å². The van der Waals surface area contributed by atoms with E-state index < -0.39 is 0 Å². The van der Waals surface area contributed by atoms with Crippen LogP contribution in [0.25, 0.3) is 27.0 Å². The fraction of sp³-hybridized carbons (Fsp3) is 0.231. The average molecular weight is 486 g/mol. The first-order valence-corrected chi connectivity index (χ1v) is 13.2. The summed E-state index contributed by atoms with van der Waals surface area (Å²) < 4.78 is 1.92. The summed E-state index contributed by atoms with van der Waals surface area (Å²) >= 11 is 3.16. The summed E-state index contributed by atoms with van der Waals surface area (Å²) in [5.41, 5.74) is 5.09. The number of thioether (sulfide) groups is 1. The molecule has 0 fully saturated rings. The van der Waals surface area contributed by atoms with Crippen LogP contribution >= 0.6 is 23.1 Å². The fourth-order valence-corrected chi connectivity index (χ4v) is 6.64. The minimum Gasteiger partial charge on any atom is -0.325 e. The molecule has 6 nitrogen and oxygen atoms in total. The lowest BCUT2D eigenvalue weighted by molar-refractivity contribution is -0.113. The van der Waals surface area contributed by atoms with Crippen molar-refractivity contribution >= 4 is 50.6 Å². The van der Waals surface area contributed by atoms with Crippen LogP contribution in [-0.4, -0.2) is 31.2 Å². The van der Waals surface area contributed by atoms with Crippen LogP contribution in [0.5, 0.6) is 0 Å². The van der Waals surface area contributed by atoms with Gasteiger partial charge >= 0.3 is 0 Å². The van der Waals surface area contributed by atoms with Gasteiger partial charge in [-0.25, -0.2) is 4.98 Å². The number of aryl methyl sites for hydroxylation is 1. The number of rotatable bonds is 5. The van der Waals surface area contributed by atoms with E-state index in [4.69, 9.17) is 4.98 Å². The third kappa shape index (κ3) is 3.86. The third-order valence-electron chi connectivity index (χ3n) is 6.29. The molecular formula is C26H23N5OS2. The first-order valence-electron chi connectivity index (χ1n) is 11.4. The predicted octanol–water partition coefficient (Wildman–Crippen LogP) is 5.86. The number of benzene rings is 2. The van der Waals surface area contributed by atoms with E-state index in [1.807, 2.05) is 59.0 Å². The van der Waals surface area contributed by atoms with Gasteiger partial charge < -0.3 is 5.32 Å². The van der Waals surface area contributed by atoms with Crippen LogP contribution in [-0.2, 0) is 17.6 Å². The first kappa shape index (κ1) is 21.3. The molecule has 0 radical (unpaired) electrons. The quantitative estimate of drug-likeness (QED) is 0.316. The minimum atomic E-state index is -0.0823. The lowest BCUT2D eigenvalue weighted by atomic mass is 9.89. The highest BCUT2D eigenvalue weighted by Crippen LogP contribution is 2.39. The average Bonchev–Trinajstić information content (AvgIpc) is 3.44. The number of hydrogen-bond donors (Lipinski definition) is 1. The summed E-state index contributed by atoms with van der Waals surface area (Å²) in [4.78, 5) is 20.0. The Kier molecular flexibility index (Phi) is 5.55. The molecule has 6 rings (SSSR count). The van der Waals surface area contributed by atoms with Crippen molar-refractivity contribution in [2.45, 2.75) is 31.3 Å². The van der Waals surface area contributed by atoms with Gasteiger partial charge in [-0.15, -0.1) is 21.5 Å². The van der Waals surface area contributed by atoms with Crippen LogP contribution < -0.4 is 5.32 Å². The molecule has 3 heterocycles. The van der Waals surface area contributed by atoms with E-state index in [-0.39, 0.29) is 11.7 Å². The molecule has 1 N–H and O–H groups in total. The molecule has 1 unspecified atom stereocenters. The van der Waals surface area contributed by atoms with E-state index in [0.29, 0.717) is 11.1 Å². The Morgan fingerprint density at radius 1 is 1.15 bits per heavy atom. The normalized spacial score (nSPS) is 15.5. The molecule has 8 heteroatoms. The van der Waals surface area contributed by atoms with E-state index in [9.17, 15) is 4.79 Å². The van der Waals surface area contributed by atoms with Crippen LogP contribution in [0.2, 0.25) is 0 Å². The maximum absolute atomic E-state index is 12.8. The molecule has 170 valence electrons. The molecule has 1 aliphatic carbocycles. The van der Waals surface area contributed by atoms with E-state index in [2.05, 4.69) is 22.4 Å². The number of carbonyl (C=O) groups is 1. The van der Waals surface area contributed by atoms with Gasteiger partial charge in [-0.05, 0) is 42.4 Å².